The van der Waals surface area contributed by atoms with Crippen LogP contribution in [-0.2, 0) is 5.54 Å². The minimum Gasteiger partial charge on any atom is -0.492 e. The fourth-order valence-electron chi connectivity index (χ4n) is 4.44. The summed E-state index contributed by atoms with van der Waals surface area (Å²) in [4.78, 5) is 30.4. The lowest BCUT2D eigenvalue weighted by Gasteiger charge is -2.22. The molecule has 2 saturated carbocycles. The van der Waals surface area contributed by atoms with Crippen LogP contribution in [0.1, 0.15) is 54.1 Å². The zero-order valence-electron chi connectivity index (χ0n) is 21.1. The van der Waals surface area contributed by atoms with E-state index in [0.717, 1.165) is 50.1 Å². The van der Waals surface area contributed by atoms with Gasteiger partial charge in [-0.15, -0.1) is 0 Å². The second kappa shape index (κ2) is 10.3. The van der Waals surface area contributed by atoms with Gasteiger partial charge in [0, 0.05) is 41.7 Å². The number of aromatic nitrogens is 2. The van der Waals surface area contributed by atoms with Crippen LogP contribution in [0.2, 0.25) is 0 Å². The first-order valence-corrected chi connectivity index (χ1v) is 12.8. The van der Waals surface area contributed by atoms with Crippen molar-refractivity contribution in [3.63, 3.8) is 0 Å². The highest BCUT2D eigenvalue weighted by atomic mass is 19.1. The van der Waals surface area contributed by atoms with Crippen LogP contribution in [0.25, 0.3) is 5.69 Å². The SMILES string of the molecule is CCNCCOc1ccccc1C1(Nc2nccn(-c3cc(C(=O)NC4CC4)cc(F)c3C)c2=O)CC1. The summed E-state index contributed by atoms with van der Waals surface area (Å²) < 4.78 is 22.2. The number of carbonyl (C=O) groups excluding carboxylic acids is 1. The van der Waals surface area contributed by atoms with E-state index in [0.29, 0.717) is 12.3 Å². The molecule has 37 heavy (non-hydrogen) atoms. The van der Waals surface area contributed by atoms with Gasteiger partial charge in [-0.1, -0.05) is 25.1 Å². The van der Waals surface area contributed by atoms with E-state index in [2.05, 4.69) is 20.9 Å². The Kier molecular flexibility index (Phi) is 6.97. The van der Waals surface area contributed by atoms with Crippen LogP contribution in [0, 0.1) is 12.7 Å². The smallest absolute Gasteiger partial charge is 0.297 e. The lowest BCUT2D eigenvalue weighted by molar-refractivity contribution is 0.0950. The monoisotopic (exact) mass is 505 g/mol. The van der Waals surface area contributed by atoms with Crippen molar-refractivity contribution in [3.8, 4) is 11.4 Å². The van der Waals surface area contributed by atoms with Crippen LogP contribution in [0.4, 0.5) is 10.2 Å². The highest BCUT2D eigenvalue weighted by Crippen LogP contribution is 2.50. The molecule has 3 aromatic rings. The fourth-order valence-corrected chi connectivity index (χ4v) is 4.44. The molecule has 0 aliphatic heterocycles. The van der Waals surface area contributed by atoms with Gasteiger partial charge < -0.3 is 20.7 Å². The Morgan fingerprint density at radius 2 is 2.03 bits per heavy atom. The van der Waals surface area contributed by atoms with E-state index in [1.54, 1.807) is 13.0 Å². The number of amides is 1. The van der Waals surface area contributed by atoms with Crippen LogP contribution >= 0.6 is 0 Å². The van der Waals surface area contributed by atoms with Gasteiger partial charge in [0.2, 0.25) is 0 Å². The second-order valence-corrected chi connectivity index (χ2v) is 9.71. The molecular weight excluding hydrogens is 473 g/mol. The predicted octanol–water partition coefficient (Wildman–Crippen LogP) is 3.66. The second-order valence-electron chi connectivity index (χ2n) is 9.71. The number of likely N-dealkylation sites (N-methyl/N-ethyl adjacent to an activating group) is 1. The van der Waals surface area contributed by atoms with Gasteiger partial charge >= 0.3 is 0 Å². The maximum Gasteiger partial charge on any atom is 0.297 e. The van der Waals surface area contributed by atoms with Gasteiger partial charge in [-0.25, -0.2) is 9.37 Å². The Hall–Kier alpha value is -3.72. The number of ether oxygens (including phenoxy) is 1. The molecule has 9 heteroatoms. The van der Waals surface area contributed by atoms with Gasteiger partial charge in [0.05, 0.1) is 11.2 Å². The van der Waals surface area contributed by atoms with Crippen molar-refractivity contribution in [3.05, 3.63) is 81.7 Å². The summed E-state index contributed by atoms with van der Waals surface area (Å²) in [5.74, 6) is 0.0498. The molecule has 2 aliphatic rings. The first-order chi connectivity index (χ1) is 17.9. The van der Waals surface area contributed by atoms with Crippen LogP contribution < -0.4 is 26.2 Å². The molecule has 2 fully saturated rings. The Balaban J connectivity index is 1.43. The molecule has 1 amide bonds. The van der Waals surface area contributed by atoms with Crippen molar-refractivity contribution in [1.82, 2.24) is 20.2 Å². The van der Waals surface area contributed by atoms with Crippen LogP contribution in [0.15, 0.2) is 53.6 Å². The topological polar surface area (TPSA) is 97.3 Å². The number of halogens is 1. The Morgan fingerprint density at radius 3 is 2.76 bits per heavy atom. The van der Waals surface area contributed by atoms with Crippen LogP contribution in [-0.4, -0.2) is 41.2 Å². The molecule has 8 nitrogen and oxygen atoms in total. The van der Waals surface area contributed by atoms with E-state index < -0.39 is 16.9 Å². The summed E-state index contributed by atoms with van der Waals surface area (Å²) >= 11 is 0. The van der Waals surface area contributed by atoms with E-state index in [1.807, 2.05) is 31.2 Å². The normalized spacial score (nSPS) is 15.8. The van der Waals surface area contributed by atoms with Crippen molar-refractivity contribution >= 4 is 11.7 Å². The van der Waals surface area contributed by atoms with Crippen molar-refractivity contribution < 1.29 is 13.9 Å². The third-order valence-electron chi connectivity index (χ3n) is 6.89. The molecule has 0 saturated heterocycles. The first kappa shape index (κ1) is 25.0. The number of hydrogen-bond acceptors (Lipinski definition) is 6. The maximum atomic E-state index is 14.8. The molecule has 0 radical (unpaired) electrons. The molecule has 1 aromatic heterocycles. The van der Waals surface area contributed by atoms with Gasteiger partial charge in [0.1, 0.15) is 18.2 Å². The summed E-state index contributed by atoms with van der Waals surface area (Å²) in [7, 11) is 0. The molecule has 194 valence electrons. The van der Waals surface area contributed by atoms with E-state index in [9.17, 15) is 14.0 Å². The van der Waals surface area contributed by atoms with Crippen molar-refractivity contribution in [2.75, 3.05) is 25.0 Å². The number of nitrogens with one attached hydrogen (secondary N) is 3. The zero-order valence-corrected chi connectivity index (χ0v) is 21.1. The quantitative estimate of drug-likeness (QED) is 0.344. The van der Waals surface area contributed by atoms with Gasteiger partial charge in [-0.05, 0) is 57.4 Å². The van der Waals surface area contributed by atoms with Gasteiger partial charge in [-0.2, -0.15) is 0 Å². The Bertz CT molecular complexity index is 1360. The van der Waals surface area contributed by atoms with Gasteiger partial charge in [0.15, 0.2) is 5.82 Å². The largest absolute Gasteiger partial charge is 0.492 e. The van der Waals surface area contributed by atoms with Crippen molar-refractivity contribution in [2.45, 2.75) is 51.1 Å². The lowest BCUT2D eigenvalue weighted by atomic mass is 10.0. The number of anilines is 1. The standard InChI is InChI=1S/C28H32FN5O3/c1-3-30-13-15-37-24-7-5-4-6-21(24)28(10-11-28)33-25-27(36)34(14-12-31-25)23-17-19(16-22(29)18(23)2)26(35)32-20-8-9-20/h4-7,12,14,16-17,20,30H,3,8-11,13,15H2,1-2H3,(H,31,33)(H,32,35). The molecule has 0 bridgehead atoms. The third kappa shape index (κ3) is 5.36. The van der Waals surface area contributed by atoms with E-state index in [4.69, 9.17) is 4.74 Å². The minimum atomic E-state index is -0.543. The molecule has 0 unspecified atom stereocenters. The Morgan fingerprint density at radius 1 is 1.24 bits per heavy atom. The number of carbonyl (C=O) groups is 1. The number of benzene rings is 2. The highest BCUT2D eigenvalue weighted by Gasteiger charge is 2.47. The zero-order chi connectivity index (χ0) is 26.0. The predicted molar refractivity (Wildman–Crippen MR) is 140 cm³/mol. The number of para-hydroxylation sites is 1. The first-order valence-electron chi connectivity index (χ1n) is 12.8. The molecule has 3 N–H and O–H groups in total. The van der Waals surface area contributed by atoms with E-state index >= 15 is 0 Å². The number of nitrogens with zero attached hydrogens (tertiary/aromatic N) is 2. The van der Waals surface area contributed by atoms with Crippen LogP contribution in [0.3, 0.4) is 0 Å². The van der Waals surface area contributed by atoms with Crippen molar-refractivity contribution in [1.29, 1.82) is 0 Å². The van der Waals surface area contributed by atoms with Gasteiger partial charge in [-0.3, -0.25) is 14.2 Å². The number of rotatable bonds is 11. The average molecular weight is 506 g/mol. The molecule has 0 atom stereocenters. The Labute approximate surface area is 215 Å². The van der Waals surface area contributed by atoms with Crippen LogP contribution in [0.5, 0.6) is 5.75 Å². The molecule has 5 rings (SSSR count). The third-order valence-corrected chi connectivity index (χ3v) is 6.89. The average Bonchev–Trinajstić information content (AvgIpc) is 3.83. The highest BCUT2D eigenvalue weighted by molar-refractivity contribution is 5.95. The van der Waals surface area contributed by atoms with Gasteiger partial charge in [0.25, 0.3) is 11.5 Å². The lowest BCUT2D eigenvalue weighted by Crippen LogP contribution is -2.30. The van der Waals surface area contributed by atoms with Crippen molar-refractivity contribution in [2.24, 2.45) is 0 Å². The maximum absolute atomic E-state index is 14.8. The molecule has 2 aromatic carbocycles. The minimum absolute atomic E-state index is 0.143. The molecular formula is C28H32FN5O3. The summed E-state index contributed by atoms with van der Waals surface area (Å²) in [6, 6.07) is 10.7. The molecule has 2 aliphatic carbocycles. The number of hydrogen-bond donors (Lipinski definition) is 3. The van der Waals surface area contributed by atoms with E-state index in [1.165, 1.54) is 23.0 Å². The molecule has 0 spiro atoms. The molecule has 1 heterocycles. The summed E-state index contributed by atoms with van der Waals surface area (Å²) in [6.07, 6.45) is 6.50. The summed E-state index contributed by atoms with van der Waals surface area (Å²) in [6.45, 7) is 5.79. The fraction of sp³-hybridized carbons (Fsp3) is 0.393. The summed E-state index contributed by atoms with van der Waals surface area (Å²) in [5, 5.41) is 9.48. The summed E-state index contributed by atoms with van der Waals surface area (Å²) in [5.41, 5.74) is 0.874. The van der Waals surface area contributed by atoms with E-state index in [-0.39, 0.29) is 28.9 Å².